The molecule has 2 aromatic heterocycles. The van der Waals surface area contributed by atoms with Crippen molar-refractivity contribution in [1.82, 2.24) is 9.97 Å². The van der Waals surface area contributed by atoms with Crippen LogP contribution in [-0.2, 0) is 10.9 Å². The molecule has 11 heteroatoms. The Morgan fingerprint density at radius 1 is 1.07 bits per heavy atom. The first-order valence-corrected chi connectivity index (χ1v) is 8.28. The summed E-state index contributed by atoms with van der Waals surface area (Å²) in [5.74, 6) is -0.979. The molecule has 0 fully saturated rings. The van der Waals surface area contributed by atoms with E-state index in [1.165, 1.54) is 19.2 Å². The van der Waals surface area contributed by atoms with Crippen LogP contribution in [0, 0.1) is 0 Å². The van der Waals surface area contributed by atoms with Gasteiger partial charge in [-0.3, -0.25) is 10.1 Å². The average Bonchev–Trinajstić information content (AvgIpc) is 2.59. The summed E-state index contributed by atoms with van der Waals surface area (Å²) in [6, 6.07) is 4.40. The number of ether oxygens (including phenoxy) is 2. The molecular weight excluding hydrogens is 393 g/mol. The Labute approximate surface area is 164 Å². The van der Waals surface area contributed by atoms with E-state index in [2.05, 4.69) is 20.6 Å². The molecule has 0 saturated heterocycles. The molecule has 0 unspecified atom stereocenters. The number of amides is 2. The van der Waals surface area contributed by atoms with Crippen LogP contribution in [0.2, 0.25) is 0 Å². The molecule has 0 radical (unpaired) electrons. The molecule has 0 aliphatic rings. The molecule has 0 saturated carbocycles. The molecule has 2 rings (SSSR count). The number of methoxy groups -OCH3 is 1. The standard InChI is InChI=1S/C18H19F3N4O4/c1-17(2,3)29-16(27)25-14-8-11(28-4)10(9-22-14)15(26)24-13-7-5-6-12(23-13)18(19,20)21/h5-9H,1-4H3,(H,22,25,27)(H,23,24,26). The summed E-state index contributed by atoms with van der Waals surface area (Å²) in [6.45, 7) is 5.07. The van der Waals surface area contributed by atoms with Crippen LogP contribution in [0.3, 0.4) is 0 Å². The van der Waals surface area contributed by atoms with Gasteiger partial charge >= 0.3 is 12.3 Å². The maximum atomic E-state index is 12.7. The van der Waals surface area contributed by atoms with Crippen molar-refractivity contribution in [2.75, 3.05) is 17.7 Å². The van der Waals surface area contributed by atoms with E-state index in [-0.39, 0.29) is 22.9 Å². The van der Waals surface area contributed by atoms with E-state index < -0.39 is 29.5 Å². The van der Waals surface area contributed by atoms with Crippen LogP contribution in [0.25, 0.3) is 0 Å². The number of carbonyl (C=O) groups excluding carboxylic acids is 2. The zero-order chi connectivity index (χ0) is 21.8. The van der Waals surface area contributed by atoms with Gasteiger partial charge in [-0.2, -0.15) is 13.2 Å². The number of halogens is 3. The molecule has 8 nitrogen and oxygen atoms in total. The van der Waals surface area contributed by atoms with Gasteiger partial charge < -0.3 is 14.8 Å². The summed E-state index contributed by atoms with van der Waals surface area (Å²) in [6.07, 6.45) is -4.29. The van der Waals surface area contributed by atoms with E-state index in [0.29, 0.717) is 0 Å². The molecule has 29 heavy (non-hydrogen) atoms. The molecule has 0 atom stereocenters. The van der Waals surface area contributed by atoms with Crippen LogP contribution in [-0.4, -0.2) is 34.7 Å². The van der Waals surface area contributed by atoms with E-state index >= 15 is 0 Å². The average molecular weight is 412 g/mol. The molecule has 156 valence electrons. The van der Waals surface area contributed by atoms with Crippen molar-refractivity contribution in [3.63, 3.8) is 0 Å². The molecular formula is C18H19F3N4O4. The number of hydrogen-bond acceptors (Lipinski definition) is 6. The minimum Gasteiger partial charge on any atom is -0.496 e. The second-order valence-corrected chi connectivity index (χ2v) is 6.76. The van der Waals surface area contributed by atoms with Gasteiger partial charge in [0, 0.05) is 12.3 Å². The highest BCUT2D eigenvalue weighted by Crippen LogP contribution is 2.28. The Hall–Kier alpha value is -3.37. The zero-order valence-electron chi connectivity index (χ0n) is 16.0. The number of alkyl halides is 3. The lowest BCUT2D eigenvalue weighted by molar-refractivity contribution is -0.141. The van der Waals surface area contributed by atoms with Crippen molar-refractivity contribution < 1.29 is 32.2 Å². The van der Waals surface area contributed by atoms with Crippen molar-refractivity contribution in [3.8, 4) is 5.75 Å². The predicted octanol–water partition coefficient (Wildman–Crippen LogP) is 4.10. The van der Waals surface area contributed by atoms with Gasteiger partial charge in [-0.1, -0.05) is 6.07 Å². The minimum atomic E-state index is -4.64. The molecule has 2 N–H and O–H groups in total. The normalized spacial score (nSPS) is 11.6. The first kappa shape index (κ1) is 21.9. The molecule has 2 amide bonds. The third kappa shape index (κ3) is 6.33. The van der Waals surface area contributed by atoms with E-state index in [1.54, 1.807) is 20.8 Å². The third-order valence-electron chi connectivity index (χ3n) is 3.24. The Morgan fingerprint density at radius 3 is 2.34 bits per heavy atom. The summed E-state index contributed by atoms with van der Waals surface area (Å²) in [4.78, 5) is 31.5. The minimum absolute atomic E-state index is 0.0375. The highest BCUT2D eigenvalue weighted by molar-refractivity contribution is 6.05. The summed E-state index contributed by atoms with van der Waals surface area (Å²) in [7, 11) is 1.28. The number of pyridine rings is 2. The second-order valence-electron chi connectivity index (χ2n) is 6.76. The van der Waals surface area contributed by atoms with Gasteiger partial charge in [-0.25, -0.2) is 14.8 Å². The number of anilines is 2. The van der Waals surface area contributed by atoms with Crippen molar-refractivity contribution in [3.05, 3.63) is 41.7 Å². The SMILES string of the molecule is COc1cc(NC(=O)OC(C)(C)C)ncc1C(=O)Nc1cccc(C(F)(F)F)n1. The third-order valence-corrected chi connectivity index (χ3v) is 3.24. The lowest BCUT2D eigenvalue weighted by atomic mass is 10.2. The van der Waals surface area contributed by atoms with E-state index in [1.807, 2.05) is 0 Å². The quantitative estimate of drug-likeness (QED) is 0.784. The fraction of sp³-hybridized carbons (Fsp3) is 0.333. The van der Waals surface area contributed by atoms with Gasteiger partial charge in [0.2, 0.25) is 0 Å². The number of carbonyl (C=O) groups is 2. The van der Waals surface area contributed by atoms with E-state index in [9.17, 15) is 22.8 Å². The highest BCUT2D eigenvalue weighted by atomic mass is 19.4. The maximum absolute atomic E-state index is 12.7. The van der Waals surface area contributed by atoms with E-state index in [0.717, 1.165) is 18.3 Å². The van der Waals surface area contributed by atoms with Crippen molar-refractivity contribution in [2.24, 2.45) is 0 Å². The smallest absolute Gasteiger partial charge is 0.433 e. The highest BCUT2D eigenvalue weighted by Gasteiger charge is 2.32. The largest absolute Gasteiger partial charge is 0.496 e. The number of aromatic nitrogens is 2. The van der Waals surface area contributed by atoms with Gasteiger partial charge in [-0.05, 0) is 32.9 Å². The van der Waals surface area contributed by atoms with Gasteiger partial charge in [0.05, 0.1) is 7.11 Å². The van der Waals surface area contributed by atoms with Crippen LogP contribution in [0.15, 0.2) is 30.5 Å². The summed E-state index contributed by atoms with van der Waals surface area (Å²) in [5.41, 5.74) is -1.93. The number of hydrogen-bond donors (Lipinski definition) is 2. The summed E-state index contributed by atoms with van der Waals surface area (Å²) in [5, 5.41) is 4.65. The molecule has 2 heterocycles. The Kier molecular flexibility index (Phi) is 6.30. The second kappa shape index (κ2) is 8.33. The summed E-state index contributed by atoms with van der Waals surface area (Å²) >= 11 is 0. The fourth-order valence-corrected chi connectivity index (χ4v) is 2.10. The maximum Gasteiger partial charge on any atom is 0.433 e. The number of nitrogens with one attached hydrogen (secondary N) is 2. The first-order chi connectivity index (χ1) is 13.4. The van der Waals surface area contributed by atoms with Crippen molar-refractivity contribution >= 4 is 23.6 Å². The van der Waals surface area contributed by atoms with Crippen LogP contribution in [0.1, 0.15) is 36.8 Å². The molecule has 0 bridgehead atoms. The fourth-order valence-electron chi connectivity index (χ4n) is 2.10. The Morgan fingerprint density at radius 2 is 1.76 bits per heavy atom. The number of nitrogens with zero attached hydrogens (tertiary/aromatic N) is 2. The first-order valence-electron chi connectivity index (χ1n) is 8.28. The van der Waals surface area contributed by atoms with Crippen LogP contribution >= 0.6 is 0 Å². The molecule has 0 aliphatic heterocycles. The molecule has 0 spiro atoms. The van der Waals surface area contributed by atoms with Crippen LogP contribution in [0.4, 0.5) is 29.6 Å². The lowest BCUT2D eigenvalue weighted by Crippen LogP contribution is -2.27. The van der Waals surface area contributed by atoms with Crippen molar-refractivity contribution in [1.29, 1.82) is 0 Å². The molecule has 2 aromatic rings. The monoisotopic (exact) mass is 412 g/mol. The predicted molar refractivity (Wildman–Crippen MR) is 97.8 cm³/mol. The van der Waals surface area contributed by atoms with Gasteiger partial charge in [0.1, 0.15) is 34.2 Å². The zero-order valence-corrected chi connectivity index (χ0v) is 16.0. The Balaban J connectivity index is 2.18. The lowest BCUT2D eigenvalue weighted by Gasteiger charge is -2.19. The van der Waals surface area contributed by atoms with E-state index in [4.69, 9.17) is 9.47 Å². The van der Waals surface area contributed by atoms with Gasteiger partial charge in [-0.15, -0.1) is 0 Å². The topological polar surface area (TPSA) is 102 Å². The Bertz CT molecular complexity index is 911. The van der Waals surface area contributed by atoms with Crippen LogP contribution < -0.4 is 15.4 Å². The van der Waals surface area contributed by atoms with Crippen molar-refractivity contribution in [2.45, 2.75) is 32.5 Å². The number of rotatable bonds is 4. The molecule has 0 aliphatic carbocycles. The van der Waals surface area contributed by atoms with Gasteiger partial charge in [0.15, 0.2) is 0 Å². The van der Waals surface area contributed by atoms with Gasteiger partial charge in [0.25, 0.3) is 5.91 Å². The molecule has 0 aromatic carbocycles. The summed E-state index contributed by atoms with van der Waals surface area (Å²) < 4.78 is 48.5. The van der Waals surface area contributed by atoms with Crippen LogP contribution in [0.5, 0.6) is 5.75 Å².